The Labute approximate surface area is 195 Å². The largest absolute Gasteiger partial charge is 0.356 e. The minimum absolute atomic E-state index is 0.0526. The Morgan fingerprint density at radius 3 is 2.26 bits per heavy atom. The zero-order valence-electron chi connectivity index (χ0n) is 16.8. The highest BCUT2D eigenvalue weighted by Gasteiger charge is 2.34. The molecule has 1 aromatic heterocycles. The normalized spacial score (nSPS) is 18.9. The molecule has 0 radical (unpaired) electrons. The first kappa shape index (κ1) is 22.4. The van der Waals surface area contributed by atoms with E-state index in [1.165, 1.54) is 10.6 Å². The van der Waals surface area contributed by atoms with Gasteiger partial charge in [0.1, 0.15) is 17.3 Å². The van der Waals surface area contributed by atoms with E-state index in [2.05, 4.69) is 30.8 Å². The molecule has 1 amide bonds. The number of piperidine rings is 1. The van der Waals surface area contributed by atoms with Crippen LogP contribution in [-0.4, -0.2) is 72.8 Å². The van der Waals surface area contributed by atoms with Crippen molar-refractivity contribution in [2.45, 2.75) is 17.7 Å². The highest BCUT2D eigenvalue weighted by Crippen LogP contribution is 2.26. The predicted molar refractivity (Wildman–Crippen MR) is 121 cm³/mol. The number of anilines is 1. The molecule has 2 aliphatic heterocycles. The van der Waals surface area contributed by atoms with E-state index in [1.807, 2.05) is 0 Å². The van der Waals surface area contributed by atoms with Gasteiger partial charge in [-0.25, -0.2) is 18.4 Å². The van der Waals surface area contributed by atoms with Gasteiger partial charge in [-0.15, -0.1) is 0 Å². The summed E-state index contributed by atoms with van der Waals surface area (Å²) in [4.78, 5) is 25.3. The van der Waals surface area contributed by atoms with Crippen LogP contribution in [0.25, 0.3) is 0 Å². The zero-order chi connectivity index (χ0) is 22.0. The molecule has 0 N–H and O–H groups in total. The summed E-state index contributed by atoms with van der Waals surface area (Å²) in [7, 11) is -3.55. The summed E-state index contributed by atoms with van der Waals surface area (Å²) in [6.07, 6.45) is 2.91. The number of benzene rings is 1. The molecule has 31 heavy (non-hydrogen) atoms. The number of piperazine rings is 1. The third-order valence-corrected chi connectivity index (χ3v) is 8.44. The number of rotatable bonds is 4. The Bertz CT molecular complexity index is 1040. The van der Waals surface area contributed by atoms with Crippen molar-refractivity contribution in [1.82, 2.24) is 19.2 Å². The minimum Gasteiger partial charge on any atom is -0.356 e. The topological polar surface area (TPSA) is 86.7 Å². The van der Waals surface area contributed by atoms with E-state index in [-0.39, 0.29) is 16.7 Å². The number of halogens is 2. The van der Waals surface area contributed by atoms with Crippen molar-refractivity contribution in [3.05, 3.63) is 46.3 Å². The van der Waals surface area contributed by atoms with Crippen LogP contribution >= 0.6 is 27.5 Å². The first-order chi connectivity index (χ1) is 14.8. The van der Waals surface area contributed by atoms with Crippen LogP contribution in [0, 0.1) is 5.92 Å². The number of carbonyl (C=O) groups excluding carboxylic acids is 1. The highest BCUT2D eigenvalue weighted by atomic mass is 79.9. The van der Waals surface area contributed by atoms with Crippen LogP contribution in [0.15, 0.2) is 46.0 Å². The molecule has 3 heterocycles. The Morgan fingerprint density at radius 2 is 1.65 bits per heavy atom. The SMILES string of the molecule is O=C(C1CCN(c2cc(Cl)ncn2)CC1)N1CCN(S(=O)(=O)c2ccc(Br)cc2)CC1. The van der Waals surface area contributed by atoms with Gasteiger partial charge in [0.2, 0.25) is 15.9 Å². The van der Waals surface area contributed by atoms with Crippen LogP contribution in [0.5, 0.6) is 0 Å². The zero-order valence-corrected chi connectivity index (χ0v) is 20.0. The molecule has 1 aromatic carbocycles. The minimum atomic E-state index is -3.55. The van der Waals surface area contributed by atoms with Gasteiger partial charge in [-0.2, -0.15) is 4.31 Å². The molecule has 0 saturated carbocycles. The van der Waals surface area contributed by atoms with E-state index in [9.17, 15) is 13.2 Å². The Morgan fingerprint density at radius 1 is 1.00 bits per heavy atom. The first-order valence-corrected chi connectivity index (χ1v) is 12.7. The van der Waals surface area contributed by atoms with E-state index < -0.39 is 10.0 Å². The van der Waals surface area contributed by atoms with Crippen molar-refractivity contribution < 1.29 is 13.2 Å². The highest BCUT2D eigenvalue weighted by molar-refractivity contribution is 9.10. The standard InChI is InChI=1S/C20H23BrClN5O3S/c21-16-1-3-17(4-2-16)31(29,30)27-11-9-26(10-12-27)20(28)15-5-7-25(8-6-15)19-13-18(22)23-14-24-19/h1-4,13-15H,5-12H2. The lowest BCUT2D eigenvalue weighted by atomic mass is 9.95. The Hall–Kier alpha value is -1.75. The molecule has 166 valence electrons. The van der Waals surface area contributed by atoms with Crippen molar-refractivity contribution in [2.24, 2.45) is 5.92 Å². The molecular formula is C20H23BrClN5O3S. The monoisotopic (exact) mass is 527 g/mol. The molecule has 11 heteroatoms. The molecule has 2 saturated heterocycles. The lowest BCUT2D eigenvalue weighted by Crippen LogP contribution is -2.52. The van der Waals surface area contributed by atoms with Gasteiger partial charge >= 0.3 is 0 Å². The summed E-state index contributed by atoms with van der Waals surface area (Å²) >= 11 is 9.27. The van der Waals surface area contributed by atoms with Crippen LogP contribution in [0.1, 0.15) is 12.8 Å². The van der Waals surface area contributed by atoms with Crippen molar-refractivity contribution in [3.63, 3.8) is 0 Å². The molecule has 4 rings (SSSR count). The third-order valence-electron chi connectivity index (χ3n) is 5.79. The van der Waals surface area contributed by atoms with E-state index >= 15 is 0 Å². The Kier molecular flexibility index (Phi) is 6.80. The molecule has 8 nitrogen and oxygen atoms in total. The van der Waals surface area contributed by atoms with Crippen LogP contribution in [0.3, 0.4) is 0 Å². The second-order valence-electron chi connectivity index (χ2n) is 7.64. The molecule has 0 aliphatic carbocycles. The Balaban J connectivity index is 1.31. The van der Waals surface area contributed by atoms with E-state index in [0.29, 0.717) is 31.3 Å². The number of hydrogen-bond acceptors (Lipinski definition) is 6. The van der Waals surface area contributed by atoms with Crippen molar-refractivity contribution >= 4 is 49.3 Å². The van der Waals surface area contributed by atoms with Gasteiger partial charge in [0, 0.05) is 55.7 Å². The third kappa shape index (κ3) is 5.02. The second-order valence-corrected chi connectivity index (χ2v) is 10.9. The van der Waals surface area contributed by atoms with Gasteiger partial charge in [0.15, 0.2) is 0 Å². The molecule has 0 atom stereocenters. The van der Waals surface area contributed by atoms with Crippen molar-refractivity contribution in [2.75, 3.05) is 44.2 Å². The second kappa shape index (κ2) is 9.40. The van der Waals surface area contributed by atoms with Gasteiger partial charge in [-0.05, 0) is 37.1 Å². The molecule has 2 aromatic rings. The maximum atomic E-state index is 13.0. The summed E-state index contributed by atoms with van der Waals surface area (Å²) in [6, 6.07) is 8.35. The smallest absolute Gasteiger partial charge is 0.243 e. The lowest BCUT2D eigenvalue weighted by molar-refractivity contribution is -0.137. The average molecular weight is 529 g/mol. The van der Waals surface area contributed by atoms with Crippen molar-refractivity contribution in [3.8, 4) is 0 Å². The number of amides is 1. The maximum Gasteiger partial charge on any atom is 0.243 e. The quantitative estimate of drug-likeness (QED) is 0.567. The molecular weight excluding hydrogens is 506 g/mol. The van der Waals surface area contributed by atoms with E-state index in [0.717, 1.165) is 36.2 Å². The number of sulfonamides is 1. The molecule has 2 fully saturated rings. The van der Waals surface area contributed by atoms with Gasteiger partial charge < -0.3 is 9.80 Å². The van der Waals surface area contributed by atoms with Gasteiger partial charge in [0.25, 0.3) is 0 Å². The van der Waals surface area contributed by atoms with Gasteiger partial charge in [-0.3, -0.25) is 4.79 Å². The summed E-state index contributed by atoms with van der Waals surface area (Å²) < 4.78 is 28.0. The lowest BCUT2D eigenvalue weighted by Gasteiger charge is -2.38. The number of carbonyl (C=O) groups is 1. The summed E-state index contributed by atoms with van der Waals surface area (Å²) in [5, 5.41) is 0.402. The molecule has 2 aliphatic rings. The maximum absolute atomic E-state index is 13.0. The van der Waals surface area contributed by atoms with E-state index in [4.69, 9.17) is 11.6 Å². The number of hydrogen-bond donors (Lipinski definition) is 0. The van der Waals surface area contributed by atoms with Gasteiger partial charge in [0.05, 0.1) is 4.90 Å². The predicted octanol–water partition coefficient (Wildman–Crippen LogP) is 2.64. The molecule has 0 spiro atoms. The summed E-state index contributed by atoms with van der Waals surface area (Å²) in [5.41, 5.74) is 0. The molecule has 0 bridgehead atoms. The van der Waals surface area contributed by atoms with Crippen LogP contribution < -0.4 is 4.90 Å². The van der Waals surface area contributed by atoms with Gasteiger partial charge in [-0.1, -0.05) is 27.5 Å². The van der Waals surface area contributed by atoms with Crippen LogP contribution in [0.4, 0.5) is 5.82 Å². The van der Waals surface area contributed by atoms with E-state index in [1.54, 1.807) is 35.2 Å². The average Bonchev–Trinajstić information content (AvgIpc) is 2.79. The molecule has 0 unspecified atom stereocenters. The first-order valence-electron chi connectivity index (χ1n) is 10.1. The van der Waals surface area contributed by atoms with Crippen LogP contribution in [0.2, 0.25) is 5.15 Å². The number of aromatic nitrogens is 2. The van der Waals surface area contributed by atoms with Crippen LogP contribution in [-0.2, 0) is 14.8 Å². The summed E-state index contributed by atoms with van der Waals surface area (Å²) in [6.45, 7) is 2.89. The summed E-state index contributed by atoms with van der Waals surface area (Å²) in [5.74, 6) is 0.835. The fourth-order valence-electron chi connectivity index (χ4n) is 4.02. The fraction of sp³-hybridized carbons (Fsp3) is 0.450. The number of nitrogens with zero attached hydrogens (tertiary/aromatic N) is 5. The van der Waals surface area contributed by atoms with Crippen molar-refractivity contribution in [1.29, 1.82) is 0 Å². The fourth-order valence-corrected chi connectivity index (χ4v) is 5.84.